The number of piperidine rings is 1. The van der Waals surface area contributed by atoms with Crippen LogP contribution in [0.4, 0.5) is 0 Å². The molecule has 0 aliphatic carbocycles. The molecule has 1 rings (SSSR count). The Labute approximate surface area is 76.5 Å². The molecule has 70 valence electrons. The molecule has 0 aromatic heterocycles. The van der Waals surface area contributed by atoms with E-state index in [9.17, 15) is 0 Å². The summed E-state index contributed by atoms with van der Waals surface area (Å²) in [7, 11) is 2.22. The molecule has 0 spiro atoms. The van der Waals surface area contributed by atoms with Crippen LogP contribution in [0.1, 0.15) is 33.1 Å². The van der Waals surface area contributed by atoms with Crippen molar-refractivity contribution < 1.29 is 0 Å². The Morgan fingerprint density at radius 1 is 1.42 bits per heavy atom. The Bertz CT molecular complexity index is 152. The van der Waals surface area contributed by atoms with Crippen LogP contribution in [0.25, 0.3) is 0 Å². The maximum absolute atomic E-state index is 2.43. The molecule has 1 heterocycles. The largest absolute Gasteiger partial charge is 0.306 e. The minimum absolute atomic E-state index is 0.876. The molecule has 0 bridgehead atoms. The first kappa shape index (κ1) is 9.79. The second-order valence-electron chi connectivity index (χ2n) is 3.93. The van der Waals surface area contributed by atoms with Gasteiger partial charge in [-0.25, -0.2) is 0 Å². The molecule has 1 aliphatic rings. The zero-order chi connectivity index (χ0) is 8.97. The van der Waals surface area contributed by atoms with E-state index in [1.807, 2.05) is 0 Å². The predicted octanol–water partition coefficient (Wildman–Crippen LogP) is 2.68. The normalized spacial score (nSPS) is 23.1. The third-order valence-electron chi connectivity index (χ3n) is 2.89. The molecular weight excluding hydrogens is 146 g/mol. The highest BCUT2D eigenvalue weighted by molar-refractivity contribution is 5.04. The number of likely N-dealkylation sites (tertiary alicyclic amines) is 1. The fourth-order valence-electron chi connectivity index (χ4n) is 1.95. The van der Waals surface area contributed by atoms with Crippen LogP contribution in [-0.4, -0.2) is 25.0 Å². The van der Waals surface area contributed by atoms with Crippen molar-refractivity contribution in [3.8, 4) is 0 Å². The van der Waals surface area contributed by atoms with Gasteiger partial charge in [-0.1, -0.05) is 18.6 Å². The summed E-state index contributed by atoms with van der Waals surface area (Å²) in [6.07, 6.45) is 6.30. The number of allylic oxidation sites excluding steroid dienone is 2. The fourth-order valence-corrected chi connectivity index (χ4v) is 1.95. The highest BCUT2D eigenvalue weighted by atomic mass is 15.1. The Morgan fingerprint density at radius 3 is 2.50 bits per heavy atom. The number of rotatable bonds is 2. The Morgan fingerprint density at radius 2 is 2.00 bits per heavy atom. The molecule has 0 N–H and O–H groups in total. The van der Waals surface area contributed by atoms with Crippen molar-refractivity contribution in [3.05, 3.63) is 11.6 Å². The van der Waals surface area contributed by atoms with Crippen molar-refractivity contribution >= 4 is 0 Å². The summed E-state index contributed by atoms with van der Waals surface area (Å²) in [6.45, 7) is 7.07. The first-order chi connectivity index (χ1) is 5.74. The second-order valence-corrected chi connectivity index (χ2v) is 3.93. The lowest BCUT2D eigenvalue weighted by Crippen LogP contribution is -2.30. The van der Waals surface area contributed by atoms with Crippen LogP contribution in [0.15, 0.2) is 11.6 Å². The average Bonchev–Trinajstić information content (AvgIpc) is 2.06. The van der Waals surface area contributed by atoms with E-state index in [1.54, 1.807) is 5.57 Å². The molecule has 1 heteroatoms. The van der Waals surface area contributed by atoms with E-state index >= 15 is 0 Å². The van der Waals surface area contributed by atoms with Gasteiger partial charge in [0, 0.05) is 0 Å². The zero-order valence-corrected chi connectivity index (χ0v) is 8.64. The Hall–Kier alpha value is -0.300. The van der Waals surface area contributed by atoms with Gasteiger partial charge in [0.1, 0.15) is 0 Å². The van der Waals surface area contributed by atoms with Gasteiger partial charge in [0.2, 0.25) is 0 Å². The molecule has 1 fully saturated rings. The molecule has 0 aromatic rings. The molecule has 0 saturated carbocycles. The van der Waals surface area contributed by atoms with Gasteiger partial charge in [-0.15, -0.1) is 0 Å². The Kier molecular flexibility index (Phi) is 3.80. The minimum Gasteiger partial charge on any atom is -0.306 e. The molecular formula is C11H21N. The summed E-state index contributed by atoms with van der Waals surface area (Å²) in [5, 5.41) is 0. The molecule has 0 radical (unpaired) electrons. The quantitative estimate of drug-likeness (QED) is 0.572. The van der Waals surface area contributed by atoms with E-state index in [1.165, 1.54) is 32.4 Å². The predicted molar refractivity (Wildman–Crippen MR) is 54.3 cm³/mol. The van der Waals surface area contributed by atoms with Crippen LogP contribution in [0.2, 0.25) is 0 Å². The average molecular weight is 167 g/mol. The summed E-state index contributed by atoms with van der Waals surface area (Å²) in [5.74, 6) is 0.876. The number of hydrogen-bond donors (Lipinski definition) is 0. The molecule has 0 atom stereocenters. The summed E-state index contributed by atoms with van der Waals surface area (Å²) in [6, 6.07) is 0. The van der Waals surface area contributed by atoms with Crippen LogP contribution < -0.4 is 0 Å². The van der Waals surface area contributed by atoms with E-state index in [0.717, 1.165) is 5.92 Å². The topological polar surface area (TPSA) is 3.24 Å². The molecule has 0 aromatic carbocycles. The summed E-state index contributed by atoms with van der Waals surface area (Å²) in [4.78, 5) is 2.43. The maximum atomic E-state index is 2.43. The van der Waals surface area contributed by atoms with Gasteiger partial charge < -0.3 is 4.90 Å². The van der Waals surface area contributed by atoms with E-state index in [2.05, 4.69) is 31.9 Å². The van der Waals surface area contributed by atoms with E-state index in [4.69, 9.17) is 0 Å². The molecule has 0 amide bonds. The van der Waals surface area contributed by atoms with Crippen molar-refractivity contribution in [3.63, 3.8) is 0 Å². The van der Waals surface area contributed by atoms with Gasteiger partial charge in [-0.2, -0.15) is 0 Å². The third-order valence-corrected chi connectivity index (χ3v) is 2.89. The lowest BCUT2D eigenvalue weighted by atomic mass is 9.90. The van der Waals surface area contributed by atoms with E-state index in [-0.39, 0.29) is 0 Å². The molecule has 1 aliphatic heterocycles. The second kappa shape index (κ2) is 4.66. The smallest absolute Gasteiger partial charge is 0.00161 e. The highest BCUT2D eigenvalue weighted by Crippen LogP contribution is 2.23. The molecule has 1 saturated heterocycles. The maximum Gasteiger partial charge on any atom is -0.00161 e. The van der Waals surface area contributed by atoms with Gasteiger partial charge in [0.25, 0.3) is 0 Å². The minimum atomic E-state index is 0.876. The monoisotopic (exact) mass is 167 g/mol. The van der Waals surface area contributed by atoms with E-state index in [0.29, 0.717) is 0 Å². The first-order valence-electron chi connectivity index (χ1n) is 5.09. The number of hydrogen-bond acceptors (Lipinski definition) is 1. The standard InChI is InChI=1S/C11H21N/c1-4-5-10(2)11-6-8-12(3)9-7-11/h5,11H,4,6-9H2,1-3H3. The van der Waals surface area contributed by atoms with Gasteiger partial charge in [-0.05, 0) is 52.2 Å². The molecule has 12 heavy (non-hydrogen) atoms. The summed E-state index contributed by atoms with van der Waals surface area (Å²) >= 11 is 0. The Balaban J connectivity index is 2.39. The van der Waals surface area contributed by atoms with Gasteiger partial charge >= 0.3 is 0 Å². The lowest BCUT2D eigenvalue weighted by molar-refractivity contribution is 0.238. The van der Waals surface area contributed by atoms with E-state index < -0.39 is 0 Å². The summed E-state index contributed by atoms with van der Waals surface area (Å²) < 4.78 is 0. The van der Waals surface area contributed by atoms with Crippen molar-refractivity contribution in [2.24, 2.45) is 5.92 Å². The van der Waals surface area contributed by atoms with Gasteiger partial charge in [0.05, 0.1) is 0 Å². The molecule has 0 unspecified atom stereocenters. The van der Waals surface area contributed by atoms with Crippen LogP contribution in [0.3, 0.4) is 0 Å². The third kappa shape index (κ3) is 2.63. The lowest BCUT2D eigenvalue weighted by Gasteiger charge is -2.29. The van der Waals surface area contributed by atoms with Crippen molar-refractivity contribution in [1.82, 2.24) is 4.90 Å². The van der Waals surface area contributed by atoms with Crippen molar-refractivity contribution in [2.45, 2.75) is 33.1 Å². The highest BCUT2D eigenvalue weighted by Gasteiger charge is 2.16. The van der Waals surface area contributed by atoms with Crippen molar-refractivity contribution in [2.75, 3.05) is 20.1 Å². The summed E-state index contributed by atoms with van der Waals surface area (Å²) in [5.41, 5.74) is 1.62. The van der Waals surface area contributed by atoms with Crippen LogP contribution >= 0.6 is 0 Å². The number of nitrogens with zero attached hydrogens (tertiary/aromatic N) is 1. The fraction of sp³-hybridized carbons (Fsp3) is 0.818. The van der Waals surface area contributed by atoms with Crippen molar-refractivity contribution in [1.29, 1.82) is 0 Å². The van der Waals surface area contributed by atoms with Gasteiger partial charge in [0.15, 0.2) is 0 Å². The van der Waals surface area contributed by atoms with Crippen LogP contribution in [0, 0.1) is 5.92 Å². The molecule has 1 nitrogen and oxygen atoms in total. The van der Waals surface area contributed by atoms with Gasteiger partial charge in [-0.3, -0.25) is 0 Å². The zero-order valence-electron chi connectivity index (χ0n) is 8.64. The van der Waals surface area contributed by atoms with Crippen LogP contribution in [-0.2, 0) is 0 Å². The first-order valence-corrected chi connectivity index (χ1v) is 5.09. The SMILES string of the molecule is CCC=C(C)C1CCN(C)CC1. The van der Waals surface area contributed by atoms with Crippen LogP contribution in [0.5, 0.6) is 0 Å².